The van der Waals surface area contributed by atoms with Crippen LogP contribution in [0.2, 0.25) is 0 Å². The van der Waals surface area contributed by atoms with Crippen LogP contribution in [0.1, 0.15) is 12.8 Å². The average Bonchev–Trinajstić information content (AvgIpc) is 2.79. The van der Waals surface area contributed by atoms with Crippen molar-refractivity contribution in [3.8, 4) is 5.75 Å². The Morgan fingerprint density at radius 1 is 1.39 bits per heavy atom. The summed E-state index contributed by atoms with van der Waals surface area (Å²) in [4.78, 5) is 38.9. The summed E-state index contributed by atoms with van der Waals surface area (Å²) in [5.74, 6) is 0.951. The molecule has 0 radical (unpaired) electrons. The van der Waals surface area contributed by atoms with Gasteiger partial charge in [-0.15, -0.1) is 0 Å². The Kier molecular flexibility index (Phi) is 6.13. The zero-order chi connectivity index (χ0) is 21.8. The Balaban J connectivity index is 1.68. The molecule has 1 fully saturated rings. The van der Waals surface area contributed by atoms with Crippen LogP contribution in [0.5, 0.6) is 5.75 Å². The van der Waals surface area contributed by atoms with Crippen LogP contribution in [0.15, 0.2) is 42.0 Å². The first-order valence-electron chi connectivity index (χ1n) is 10.2. The number of piperidine rings is 1. The van der Waals surface area contributed by atoms with Crippen LogP contribution >= 0.6 is 0 Å². The molecule has 162 valence electrons. The number of nitrogens with one attached hydrogen (secondary N) is 2. The number of anilines is 1. The third kappa shape index (κ3) is 4.36. The van der Waals surface area contributed by atoms with Crippen LogP contribution in [0.25, 0.3) is 21.9 Å². The molecule has 9 heteroatoms. The van der Waals surface area contributed by atoms with Crippen molar-refractivity contribution in [3.05, 3.63) is 47.4 Å². The lowest BCUT2D eigenvalue weighted by Crippen LogP contribution is -2.44. The number of carbonyl (C=O) groups is 1. The third-order valence-corrected chi connectivity index (χ3v) is 5.37. The number of pyridine rings is 1. The largest absolute Gasteiger partial charge is 0.491 e. The molecular weight excluding hydrogens is 398 g/mol. The Hall–Kier alpha value is -3.46. The molecule has 0 bridgehead atoms. The maximum absolute atomic E-state index is 13.4. The Labute approximate surface area is 179 Å². The molecule has 31 heavy (non-hydrogen) atoms. The van der Waals surface area contributed by atoms with Gasteiger partial charge in [-0.2, -0.15) is 0 Å². The molecule has 2 aromatic heterocycles. The van der Waals surface area contributed by atoms with Crippen molar-refractivity contribution in [1.82, 2.24) is 19.9 Å². The first-order valence-corrected chi connectivity index (χ1v) is 10.2. The van der Waals surface area contributed by atoms with Gasteiger partial charge in [-0.1, -0.05) is 6.58 Å². The summed E-state index contributed by atoms with van der Waals surface area (Å²) < 4.78 is 10.7. The molecule has 4 rings (SSSR count). The molecule has 2 N–H and O–H groups in total. The topological polar surface area (TPSA) is 109 Å². The van der Waals surface area contributed by atoms with Crippen molar-refractivity contribution < 1.29 is 14.3 Å². The highest BCUT2D eigenvalue weighted by atomic mass is 16.5. The maximum atomic E-state index is 13.4. The summed E-state index contributed by atoms with van der Waals surface area (Å²) >= 11 is 0. The molecule has 1 aliphatic heterocycles. The number of carbonyl (C=O) groups excluding carboxylic acids is 1. The molecule has 0 saturated carbocycles. The Bertz CT molecular complexity index is 1180. The van der Waals surface area contributed by atoms with Gasteiger partial charge in [0.15, 0.2) is 0 Å². The summed E-state index contributed by atoms with van der Waals surface area (Å²) in [6.07, 6.45) is 4.48. The maximum Gasteiger partial charge on any atom is 0.246 e. The molecular formula is C22H25N5O4. The molecule has 3 aromatic rings. The second kappa shape index (κ2) is 9.13. The van der Waals surface area contributed by atoms with Crippen LogP contribution in [0.3, 0.4) is 0 Å². The minimum Gasteiger partial charge on any atom is -0.491 e. The van der Waals surface area contributed by atoms with Crippen LogP contribution in [-0.4, -0.2) is 65.2 Å². The predicted molar refractivity (Wildman–Crippen MR) is 118 cm³/mol. The number of aromatic nitrogens is 3. The number of nitrogens with zero attached hydrogens (tertiary/aromatic N) is 3. The predicted octanol–water partition coefficient (Wildman–Crippen LogP) is 2.09. The van der Waals surface area contributed by atoms with Crippen LogP contribution in [0, 0.1) is 0 Å². The zero-order valence-electron chi connectivity index (χ0n) is 17.4. The van der Waals surface area contributed by atoms with Crippen molar-refractivity contribution in [2.45, 2.75) is 18.9 Å². The van der Waals surface area contributed by atoms with E-state index in [-0.39, 0.29) is 17.4 Å². The van der Waals surface area contributed by atoms with Crippen molar-refractivity contribution in [3.63, 3.8) is 0 Å². The van der Waals surface area contributed by atoms with Crippen LogP contribution in [-0.2, 0) is 9.53 Å². The quantitative estimate of drug-likeness (QED) is 0.340. The number of hydrogen-bond acceptors (Lipinski definition) is 7. The number of benzene rings is 1. The van der Waals surface area contributed by atoms with Gasteiger partial charge in [0.2, 0.25) is 11.3 Å². The summed E-state index contributed by atoms with van der Waals surface area (Å²) in [5, 5.41) is 4.23. The molecule has 0 aliphatic carbocycles. The molecule has 1 amide bonds. The van der Waals surface area contributed by atoms with Crippen LogP contribution in [0.4, 0.5) is 5.82 Å². The summed E-state index contributed by atoms with van der Waals surface area (Å²) in [6.45, 7) is 5.64. The molecule has 1 aromatic carbocycles. The van der Waals surface area contributed by atoms with E-state index in [1.54, 1.807) is 30.2 Å². The number of H-pyrrole nitrogens is 1. The van der Waals surface area contributed by atoms with Gasteiger partial charge in [-0.25, -0.2) is 9.97 Å². The van der Waals surface area contributed by atoms with Crippen LogP contribution < -0.4 is 15.5 Å². The fourth-order valence-corrected chi connectivity index (χ4v) is 3.84. The van der Waals surface area contributed by atoms with E-state index in [9.17, 15) is 9.59 Å². The second-order valence-corrected chi connectivity index (χ2v) is 7.42. The van der Waals surface area contributed by atoms with Crippen molar-refractivity contribution in [1.29, 1.82) is 0 Å². The molecule has 0 spiro atoms. The van der Waals surface area contributed by atoms with E-state index in [0.717, 1.165) is 12.8 Å². The highest BCUT2D eigenvalue weighted by Gasteiger charge is 2.23. The van der Waals surface area contributed by atoms with Gasteiger partial charge in [0.1, 0.15) is 35.5 Å². The van der Waals surface area contributed by atoms with E-state index in [1.165, 1.54) is 12.4 Å². The SMILES string of the molecule is C=CC(=O)N1CCCC(Nc2ncnc3[nH]c4ccc(OCCOC)cc4c(=O)c23)C1. The molecule has 9 nitrogen and oxygen atoms in total. The fourth-order valence-electron chi connectivity index (χ4n) is 3.84. The zero-order valence-corrected chi connectivity index (χ0v) is 17.4. The summed E-state index contributed by atoms with van der Waals surface area (Å²) in [5.41, 5.74) is 0.943. The van der Waals surface area contributed by atoms with E-state index in [4.69, 9.17) is 9.47 Å². The van der Waals surface area contributed by atoms with Crippen molar-refractivity contribution in [2.24, 2.45) is 0 Å². The van der Waals surface area contributed by atoms with E-state index in [0.29, 0.717) is 59.8 Å². The van der Waals surface area contributed by atoms with Gasteiger partial charge < -0.3 is 24.7 Å². The van der Waals surface area contributed by atoms with Crippen molar-refractivity contribution >= 4 is 33.7 Å². The summed E-state index contributed by atoms with van der Waals surface area (Å²) in [6, 6.07) is 5.29. The number of rotatable bonds is 7. The van der Waals surface area contributed by atoms with Gasteiger partial charge in [-0.05, 0) is 37.1 Å². The first kappa shape index (κ1) is 20.8. The van der Waals surface area contributed by atoms with E-state index in [1.807, 2.05) is 0 Å². The van der Waals surface area contributed by atoms with Gasteiger partial charge in [0.25, 0.3) is 0 Å². The first-order chi connectivity index (χ1) is 15.1. The van der Waals surface area contributed by atoms with Gasteiger partial charge >= 0.3 is 0 Å². The number of aromatic amines is 1. The minimum atomic E-state index is -0.182. The monoisotopic (exact) mass is 423 g/mol. The number of methoxy groups -OCH3 is 1. The Morgan fingerprint density at radius 3 is 3.06 bits per heavy atom. The third-order valence-electron chi connectivity index (χ3n) is 5.37. The lowest BCUT2D eigenvalue weighted by molar-refractivity contribution is -0.127. The lowest BCUT2D eigenvalue weighted by Gasteiger charge is -2.32. The lowest BCUT2D eigenvalue weighted by atomic mass is 10.1. The minimum absolute atomic E-state index is 0.0189. The smallest absolute Gasteiger partial charge is 0.246 e. The van der Waals surface area contributed by atoms with E-state index in [2.05, 4.69) is 26.8 Å². The van der Waals surface area contributed by atoms with E-state index < -0.39 is 0 Å². The molecule has 1 aliphatic rings. The number of amides is 1. The molecule has 3 heterocycles. The van der Waals surface area contributed by atoms with E-state index >= 15 is 0 Å². The van der Waals surface area contributed by atoms with Gasteiger partial charge in [-0.3, -0.25) is 9.59 Å². The normalized spacial score (nSPS) is 16.4. The number of hydrogen-bond donors (Lipinski definition) is 2. The molecule has 1 unspecified atom stereocenters. The average molecular weight is 423 g/mol. The Morgan fingerprint density at radius 2 is 2.26 bits per heavy atom. The second-order valence-electron chi connectivity index (χ2n) is 7.42. The number of ether oxygens (including phenoxy) is 2. The van der Waals surface area contributed by atoms with Gasteiger partial charge in [0.05, 0.1) is 17.5 Å². The molecule has 1 saturated heterocycles. The number of fused-ring (bicyclic) bond motifs is 2. The summed E-state index contributed by atoms with van der Waals surface area (Å²) in [7, 11) is 1.61. The molecule has 1 atom stereocenters. The standard InChI is InChI=1S/C22H25N5O4/c1-3-18(28)27-8-4-5-14(12-27)25-21-19-20(29)16-11-15(31-10-9-30-2)6-7-17(16)26-22(19)24-13-23-21/h3,6-7,11,13-14H,1,4-5,8-10,12H2,2H3,(H2,23,24,25,26,29). The highest BCUT2D eigenvalue weighted by Crippen LogP contribution is 2.23. The fraction of sp³-hybridized carbons (Fsp3) is 0.364. The number of likely N-dealkylation sites (tertiary alicyclic amines) is 1. The van der Waals surface area contributed by atoms with Gasteiger partial charge in [0, 0.05) is 26.2 Å². The highest BCUT2D eigenvalue weighted by molar-refractivity contribution is 5.96. The van der Waals surface area contributed by atoms with Crippen molar-refractivity contribution in [2.75, 3.05) is 38.7 Å².